The number of hydrogen-bond acceptors (Lipinski definition) is 4. The quantitative estimate of drug-likeness (QED) is 0.756. The topological polar surface area (TPSA) is 70.7 Å². The Morgan fingerprint density at radius 3 is 2.21 bits per heavy atom. The number of benzene rings is 2. The fourth-order valence-electron chi connectivity index (χ4n) is 3.26. The lowest BCUT2D eigenvalue weighted by molar-refractivity contribution is -0.123. The second-order valence-electron chi connectivity index (χ2n) is 8.22. The van der Waals surface area contributed by atoms with Gasteiger partial charge in [-0.1, -0.05) is 45.0 Å². The van der Waals surface area contributed by atoms with Crippen molar-refractivity contribution in [1.29, 1.82) is 0 Å². The van der Waals surface area contributed by atoms with Crippen molar-refractivity contribution in [3.63, 3.8) is 0 Å². The van der Waals surface area contributed by atoms with E-state index < -0.39 is 0 Å². The molecule has 0 radical (unpaired) electrons. The molecule has 2 amide bonds. The summed E-state index contributed by atoms with van der Waals surface area (Å²) in [5.74, 6) is -0.676. The van der Waals surface area contributed by atoms with Crippen molar-refractivity contribution in [3.8, 4) is 0 Å². The van der Waals surface area contributed by atoms with Crippen LogP contribution >= 0.6 is 0 Å². The van der Waals surface area contributed by atoms with E-state index in [4.69, 9.17) is 4.74 Å². The molecule has 6 nitrogen and oxygen atoms in total. The molecular formula is C23H29N3O3. The molecule has 0 atom stereocenters. The molecule has 29 heavy (non-hydrogen) atoms. The predicted molar refractivity (Wildman–Crippen MR) is 116 cm³/mol. The van der Waals surface area contributed by atoms with Crippen LogP contribution in [0.5, 0.6) is 0 Å². The van der Waals surface area contributed by atoms with E-state index in [9.17, 15) is 9.59 Å². The van der Waals surface area contributed by atoms with E-state index in [1.54, 1.807) is 0 Å². The maximum absolute atomic E-state index is 12.4. The van der Waals surface area contributed by atoms with E-state index in [-0.39, 0.29) is 23.7 Å². The number of carbonyl (C=O) groups excluding carboxylic acids is 2. The fraction of sp³-hybridized carbons (Fsp3) is 0.391. The van der Waals surface area contributed by atoms with Crippen LogP contribution in [0.1, 0.15) is 32.8 Å². The molecule has 0 aromatic heterocycles. The summed E-state index contributed by atoms with van der Waals surface area (Å²) in [7, 11) is 0. The van der Waals surface area contributed by atoms with Gasteiger partial charge in [-0.25, -0.2) is 0 Å². The number of morpholine rings is 1. The molecule has 0 unspecified atom stereocenters. The first kappa shape index (κ1) is 20.9. The average Bonchev–Trinajstić information content (AvgIpc) is 2.68. The maximum atomic E-state index is 12.4. The Kier molecular flexibility index (Phi) is 6.54. The third kappa shape index (κ3) is 5.81. The molecule has 2 N–H and O–H groups in total. The molecule has 0 spiro atoms. The smallest absolute Gasteiger partial charge is 0.233 e. The van der Waals surface area contributed by atoms with Crippen LogP contribution in [0.4, 0.5) is 17.1 Å². The molecule has 1 saturated heterocycles. The van der Waals surface area contributed by atoms with Crippen molar-refractivity contribution < 1.29 is 14.3 Å². The maximum Gasteiger partial charge on any atom is 0.233 e. The minimum absolute atomic E-state index is 0.0519. The Morgan fingerprint density at radius 2 is 1.55 bits per heavy atom. The number of rotatable bonds is 5. The molecule has 1 aliphatic heterocycles. The zero-order valence-electron chi connectivity index (χ0n) is 17.3. The number of para-hydroxylation sites is 2. The number of nitrogens with one attached hydrogen (secondary N) is 2. The predicted octanol–water partition coefficient (Wildman–Crippen LogP) is 3.79. The molecular weight excluding hydrogens is 366 g/mol. The first-order valence-electron chi connectivity index (χ1n) is 9.95. The Bertz CT molecular complexity index is 850. The highest BCUT2D eigenvalue weighted by molar-refractivity contribution is 6.08. The number of nitrogens with zero attached hydrogens (tertiary/aromatic N) is 1. The molecule has 0 aliphatic carbocycles. The zero-order chi connectivity index (χ0) is 20.9. The lowest BCUT2D eigenvalue weighted by Crippen LogP contribution is -2.36. The van der Waals surface area contributed by atoms with E-state index in [0.29, 0.717) is 24.6 Å². The Morgan fingerprint density at radius 1 is 0.931 bits per heavy atom. The third-order valence-electron chi connectivity index (χ3n) is 4.89. The van der Waals surface area contributed by atoms with Gasteiger partial charge in [-0.3, -0.25) is 9.59 Å². The van der Waals surface area contributed by atoms with Crippen LogP contribution in [-0.4, -0.2) is 38.1 Å². The summed E-state index contributed by atoms with van der Waals surface area (Å²) in [6.07, 6.45) is -0.238. The molecule has 1 heterocycles. The second-order valence-corrected chi connectivity index (χ2v) is 8.22. The van der Waals surface area contributed by atoms with Crippen LogP contribution in [-0.2, 0) is 19.7 Å². The summed E-state index contributed by atoms with van der Waals surface area (Å²) in [6, 6.07) is 15.4. The summed E-state index contributed by atoms with van der Waals surface area (Å²) >= 11 is 0. The summed E-state index contributed by atoms with van der Waals surface area (Å²) in [5.41, 5.74) is 3.58. The van der Waals surface area contributed by atoms with Crippen molar-refractivity contribution in [2.75, 3.05) is 41.8 Å². The summed E-state index contributed by atoms with van der Waals surface area (Å²) in [5, 5.41) is 5.66. The van der Waals surface area contributed by atoms with Crippen molar-refractivity contribution in [1.82, 2.24) is 0 Å². The molecule has 6 heteroatoms. The number of ether oxygens (including phenoxy) is 1. The van der Waals surface area contributed by atoms with Gasteiger partial charge in [-0.05, 0) is 35.2 Å². The minimum Gasteiger partial charge on any atom is -0.378 e. The highest BCUT2D eigenvalue weighted by Crippen LogP contribution is 2.27. The largest absolute Gasteiger partial charge is 0.378 e. The van der Waals surface area contributed by atoms with Gasteiger partial charge in [0.15, 0.2) is 0 Å². The standard InChI is InChI=1S/C23H29N3O3/c1-23(2,3)17-8-10-18(11-9-17)24-21(27)16-22(28)25-19-6-4-5-7-20(19)26-12-14-29-15-13-26/h4-11H,12-16H2,1-3H3,(H,24,27)(H,25,28). The first-order chi connectivity index (χ1) is 13.8. The van der Waals surface area contributed by atoms with Gasteiger partial charge < -0.3 is 20.3 Å². The van der Waals surface area contributed by atoms with E-state index in [0.717, 1.165) is 18.8 Å². The SMILES string of the molecule is CC(C)(C)c1ccc(NC(=O)CC(=O)Nc2ccccc2N2CCOCC2)cc1. The number of anilines is 3. The van der Waals surface area contributed by atoms with Crippen LogP contribution in [0, 0.1) is 0 Å². The van der Waals surface area contributed by atoms with Gasteiger partial charge in [0.2, 0.25) is 11.8 Å². The average molecular weight is 396 g/mol. The van der Waals surface area contributed by atoms with E-state index in [2.05, 4.69) is 36.3 Å². The molecule has 3 rings (SSSR count). The Labute approximate surface area is 172 Å². The van der Waals surface area contributed by atoms with E-state index in [1.165, 1.54) is 5.56 Å². The van der Waals surface area contributed by atoms with E-state index >= 15 is 0 Å². The molecule has 0 saturated carbocycles. The van der Waals surface area contributed by atoms with Gasteiger partial charge in [-0.2, -0.15) is 0 Å². The van der Waals surface area contributed by atoms with Gasteiger partial charge in [0.25, 0.3) is 0 Å². The molecule has 1 aliphatic rings. The van der Waals surface area contributed by atoms with Crippen LogP contribution in [0.2, 0.25) is 0 Å². The minimum atomic E-state index is -0.338. The summed E-state index contributed by atoms with van der Waals surface area (Å²) in [6.45, 7) is 9.30. The monoisotopic (exact) mass is 395 g/mol. The van der Waals surface area contributed by atoms with Gasteiger partial charge in [0.05, 0.1) is 24.6 Å². The lowest BCUT2D eigenvalue weighted by atomic mass is 9.87. The van der Waals surface area contributed by atoms with Crippen LogP contribution < -0.4 is 15.5 Å². The van der Waals surface area contributed by atoms with Gasteiger partial charge in [0.1, 0.15) is 6.42 Å². The molecule has 0 bridgehead atoms. The summed E-state index contributed by atoms with van der Waals surface area (Å²) in [4.78, 5) is 26.9. The van der Waals surface area contributed by atoms with E-state index in [1.807, 2.05) is 48.5 Å². The molecule has 154 valence electrons. The third-order valence-corrected chi connectivity index (χ3v) is 4.89. The number of carbonyl (C=O) groups is 2. The lowest BCUT2D eigenvalue weighted by Gasteiger charge is -2.30. The number of amides is 2. The highest BCUT2D eigenvalue weighted by Gasteiger charge is 2.17. The molecule has 2 aromatic carbocycles. The van der Waals surface area contributed by atoms with Gasteiger partial charge >= 0.3 is 0 Å². The van der Waals surface area contributed by atoms with Crippen molar-refractivity contribution >= 4 is 28.9 Å². The normalized spacial score (nSPS) is 14.4. The molecule has 2 aromatic rings. The van der Waals surface area contributed by atoms with Crippen molar-refractivity contribution in [2.24, 2.45) is 0 Å². The molecule has 1 fully saturated rings. The van der Waals surface area contributed by atoms with Crippen LogP contribution in [0.3, 0.4) is 0 Å². The van der Waals surface area contributed by atoms with Gasteiger partial charge in [0, 0.05) is 18.8 Å². The van der Waals surface area contributed by atoms with Crippen LogP contribution in [0.25, 0.3) is 0 Å². The second kappa shape index (κ2) is 9.09. The first-order valence-corrected chi connectivity index (χ1v) is 9.95. The van der Waals surface area contributed by atoms with Crippen LogP contribution in [0.15, 0.2) is 48.5 Å². The number of hydrogen-bond donors (Lipinski definition) is 2. The zero-order valence-corrected chi connectivity index (χ0v) is 17.3. The fourth-order valence-corrected chi connectivity index (χ4v) is 3.26. The highest BCUT2D eigenvalue weighted by atomic mass is 16.5. The van der Waals surface area contributed by atoms with Crippen molar-refractivity contribution in [3.05, 3.63) is 54.1 Å². The Hall–Kier alpha value is -2.86. The Balaban J connectivity index is 1.57. The van der Waals surface area contributed by atoms with Gasteiger partial charge in [-0.15, -0.1) is 0 Å². The summed E-state index contributed by atoms with van der Waals surface area (Å²) < 4.78 is 5.40. The van der Waals surface area contributed by atoms with Crippen molar-refractivity contribution in [2.45, 2.75) is 32.6 Å².